The smallest absolute Gasteiger partial charge is 0.345 e. The number of hydrogen-bond donors (Lipinski definition) is 0. The van der Waals surface area contributed by atoms with E-state index in [1.807, 2.05) is 0 Å². The molecule has 1 fully saturated rings. The van der Waals surface area contributed by atoms with Gasteiger partial charge in [0.05, 0.1) is 19.3 Å². The van der Waals surface area contributed by atoms with Crippen LogP contribution in [0.15, 0.2) is 12.1 Å². The fourth-order valence-electron chi connectivity index (χ4n) is 2.40. The summed E-state index contributed by atoms with van der Waals surface area (Å²) in [7, 11) is 0. The molecule has 0 aromatic heterocycles. The summed E-state index contributed by atoms with van der Waals surface area (Å²) in [5.74, 6) is -3.60. The molecule has 1 atom stereocenters. The molecule has 1 saturated heterocycles. The van der Waals surface area contributed by atoms with Gasteiger partial charge in [0.1, 0.15) is 28.5 Å². The van der Waals surface area contributed by atoms with Crippen LogP contribution < -0.4 is 4.74 Å². The Morgan fingerprint density at radius 3 is 2.56 bits per heavy atom. The van der Waals surface area contributed by atoms with Crippen molar-refractivity contribution in [3.05, 3.63) is 29.3 Å². The Morgan fingerprint density at radius 1 is 1.32 bits per heavy atom. The Kier molecular flexibility index (Phi) is 5.68. The van der Waals surface area contributed by atoms with Crippen LogP contribution in [0.3, 0.4) is 0 Å². The molecule has 1 aliphatic rings. The maximum Gasteiger partial charge on any atom is 0.345 e. The lowest BCUT2D eigenvalue weighted by molar-refractivity contribution is -0.139. The molecule has 0 aliphatic carbocycles. The zero-order chi connectivity index (χ0) is 18.8. The van der Waals surface area contributed by atoms with Crippen LogP contribution in [-0.4, -0.2) is 36.7 Å². The molecule has 1 aliphatic heterocycles. The summed E-state index contributed by atoms with van der Waals surface area (Å²) in [5.41, 5.74) is -1.23. The average molecular weight is 358 g/mol. The van der Waals surface area contributed by atoms with Gasteiger partial charge in [0, 0.05) is 18.6 Å². The van der Waals surface area contributed by atoms with Gasteiger partial charge in [0.15, 0.2) is 5.79 Å². The van der Waals surface area contributed by atoms with Crippen molar-refractivity contribution in [2.45, 2.75) is 58.5 Å². The summed E-state index contributed by atoms with van der Waals surface area (Å²) >= 11 is 0. The molecule has 140 valence electrons. The van der Waals surface area contributed by atoms with E-state index in [2.05, 4.69) is 0 Å². The van der Waals surface area contributed by atoms with Gasteiger partial charge in [-0.05, 0) is 34.6 Å². The van der Waals surface area contributed by atoms with Crippen molar-refractivity contribution in [3.8, 4) is 5.75 Å². The highest BCUT2D eigenvalue weighted by molar-refractivity contribution is 5.93. The fourth-order valence-corrected chi connectivity index (χ4v) is 2.40. The first kappa shape index (κ1) is 19.6. The highest BCUT2D eigenvalue weighted by Gasteiger charge is 2.32. The predicted octanol–water partition coefficient (Wildman–Crippen LogP) is 3.84. The first-order chi connectivity index (χ1) is 11.5. The molecule has 0 unspecified atom stereocenters. The average Bonchev–Trinajstić information content (AvgIpc) is 2.75. The summed E-state index contributed by atoms with van der Waals surface area (Å²) < 4.78 is 49.3. The van der Waals surface area contributed by atoms with E-state index >= 15 is 0 Å². The van der Waals surface area contributed by atoms with Crippen molar-refractivity contribution in [2.24, 2.45) is 0 Å². The van der Waals surface area contributed by atoms with E-state index in [0.717, 1.165) is 6.07 Å². The van der Waals surface area contributed by atoms with Gasteiger partial charge >= 0.3 is 5.97 Å². The van der Waals surface area contributed by atoms with Crippen LogP contribution in [0.5, 0.6) is 5.75 Å². The SMILES string of the molecule is CC(C)(C)OC(=O)c1c(F)cc(F)cc1OCC[C@@H]1COC(C)(C)O1. The van der Waals surface area contributed by atoms with E-state index in [1.54, 1.807) is 34.6 Å². The molecule has 0 spiro atoms. The van der Waals surface area contributed by atoms with Crippen molar-refractivity contribution in [1.29, 1.82) is 0 Å². The quantitative estimate of drug-likeness (QED) is 0.749. The van der Waals surface area contributed by atoms with Crippen LogP contribution in [0.4, 0.5) is 8.78 Å². The topological polar surface area (TPSA) is 54.0 Å². The highest BCUT2D eigenvalue weighted by atomic mass is 19.1. The standard InChI is InChI=1S/C18H24F2O5/c1-17(2,3)25-16(21)15-13(20)8-11(19)9-14(15)22-7-6-12-10-23-18(4,5)24-12/h8-9,12H,6-7,10H2,1-5H3/t12-/m1/s1. The summed E-state index contributed by atoms with van der Waals surface area (Å²) in [6.07, 6.45) is 0.272. The number of rotatable bonds is 5. The highest BCUT2D eigenvalue weighted by Crippen LogP contribution is 2.28. The van der Waals surface area contributed by atoms with Crippen molar-refractivity contribution in [1.82, 2.24) is 0 Å². The Balaban J connectivity index is 2.07. The van der Waals surface area contributed by atoms with Crippen LogP contribution in [0.1, 0.15) is 51.4 Å². The molecule has 0 amide bonds. The molecule has 0 bridgehead atoms. The van der Waals surface area contributed by atoms with Gasteiger partial charge in [0.25, 0.3) is 0 Å². The molecule has 25 heavy (non-hydrogen) atoms. The van der Waals surface area contributed by atoms with Crippen LogP contribution in [0, 0.1) is 11.6 Å². The van der Waals surface area contributed by atoms with Crippen molar-refractivity contribution >= 4 is 5.97 Å². The predicted molar refractivity (Wildman–Crippen MR) is 86.5 cm³/mol. The Morgan fingerprint density at radius 2 is 2.00 bits per heavy atom. The van der Waals surface area contributed by atoms with Crippen molar-refractivity contribution < 1.29 is 32.5 Å². The first-order valence-electron chi connectivity index (χ1n) is 8.14. The van der Waals surface area contributed by atoms with E-state index in [0.29, 0.717) is 19.1 Å². The third-order valence-electron chi connectivity index (χ3n) is 3.39. The minimum Gasteiger partial charge on any atom is -0.492 e. The normalized spacial score (nSPS) is 19.7. The van der Waals surface area contributed by atoms with Crippen LogP contribution >= 0.6 is 0 Å². The molecular formula is C18H24F2O5. The molecule has 1 aromatic carbocycles. The van der Waals surface area contributed by atoms with Crippen LogP contribution in [0.2, 0.25) is 0 Å². The number of carbonyl (C=O) groups excluding carboxylic acids is 1. The molecule has 0 saturated carbocycles. The molecule has 0 N–H and O–H groups in total. The third kappa shape index (κ3) is 5.64. The number of ether oxygens (including phenoxy) is 4. The van der Waals surface area contributed by atoms with Gasteiger partial charge in [-0.2, -0.15) is 0 Å². The lowest BCUT2D eigenvalue weighted by Gasteiger charge is -2.21. The van der Waals surface area contributed by atoms with E-state index in [1.165, 1.54) is 0 Å². The lowest BCUT2D eigenvalue weighted by atomic mass is 10.1. The van der Waals surface area contributed by atoms with E-state index < -0.39 is 34.6 Å². The maximum absolute atomic E-state index is 14.1. The van der Waals surface area contributed by atoms with Crippen molar-refractivity contribution in [3.63, 3.8) is 0 Å². The first-order valence-corrected chi connectivity index (χ1v) is 8.14. The monoisotopic (exact) mass is 358 g/mol. The molecular weight excluding hydrogens is 334 g/mol. The van der Waals surface area contributed by atoms with E-state index in [9.17, 15) is 13.6 Å². The van der Waals surface area contributed by atoms with Crippen LogP contribution in [-0.2, 0) is 14.2 Å². The minimum absolute atomic E-state index is 0.114. The van der Waals surface area contributed by atoms with Crippen molar-refractivity contribution in [2.75, 3.05) is 13.2 Å². The Labute approximate surface area is 146 Å². The number of hydrogen-bond acceptors (Lipinski definition) is 5. The number of halogens is 2. The fraction of sp³-hybridized carbons (Fsp3) is 0.611. The largest absolute Gasteiger partial charge is 0.492 e. The molecule has 5 nitrogen and oxygen atoms in total. The maximum atomic E-state index is 14.1. The van der Waals surface area contributed by atoms with Gasteiger partial charge < -0.3 is 18.9 Å². The van der Waals surface area contributed by atoms with E-state index in [4.69, 9.17) is 18.9 Å². The number of carbonyl (C=O) groups is 1. The van der Waals surface area contributed by atoms with Gasteiger partial charge in [-0.3, -0.25) is 0 Å². The zero-order valence-electron chi connectivity index (χ0n) is 15.2. The minimum atomic E-state index is -1.02. The number of esters is 1. The number of benzene rings is 1. The molecule has 2 rings (SSSR count). The Bertz CT molecular complexity index is 637. The second-order valence-electron chi connectivity index (χ2n) is 7.35. The second kappa shape index (κ2) is 7.25. The second-order valence-corrected chi connectivity index (χ2v) is 7.35. The van der Waals surface area contributed by atoms with Gasteiger partial charge in [-0.1, -0.05) is 0 Å². The third-order valence-corrected chi connectivity index (χ3v) is 3.39. The lowest BCUT2D eigenvalue weighted by Crippen LogP contribution is -2.25. The van der Waals surface area contributed by atoms with E-state index in [-0.39, 0.29) is 18.5 Å². The molecule has 7 heteroatoms. The van der Waals surface area contributed by atoms with Gasteiger partial charge in [0.2, 0.25) is 0 Å². The molecule has 1 aromatic rings. The molecule has 1 heterocycles. The molecule has 0 radical (unpaired) electrons. The summed E-state index contributed by atoms with van der Waals surface area (Å²) in [4.78, 5) is 12.2. The van der Waals surface area contributed by atoms with Crippen LogP contribution in [0.25, 0.3) is 0 Å². The van der Waals surface area contributed by atoms with Gasteiger partial charge in [-0.15, -0.1) is 0 Å². The van der Waals surface area contributed by atoms with Gasteiger partial charge in [-0.25, -0.2) is 13.6 Å². The summed E-state index contributed by atoms with van der Waals surface area (Å²) in [6, 6.07) is 1.60. The summed E-state index contributed by atoms with van der Waals surface area (Å²) in [5, 5.41) is 0. The Hall–Kier alpha value is -1.73. The summed E-state index contributed by atoms with van der Waals surface area (Å²) in [6.45, 7) is 9.10. The zero-order valence-corrected chi connectivity index (χ0v) is 15.2.